The zero-order valence-electron chi connectivity index (χ0n) is 13.7. The number of nitrogens with one attached hydrogen (secondary N) is 1. The number of nitrogens with two attached hydrogens (primary N) is 1. The average Bonchev–Trinajstić information content (AvgIpc) is 3.40. The van der Waals surface area contributed by atoms with Crippen LogP contribution in [0.3, 0.4) is 0 Å². The summed E-state index contributed by atoms with van der Waals surface area (Å²) in [4.78, 5) is 15.1. The first-order valence-electron chi connectivity index (χ1n) is 8.16. The van der Waals surface area contributed by atoms with E-state index in [2.05, 4.69) is 10.2 Å². The Morgan fingerprint density at radius 3 is 2.42 bits per heavy atom. The highest BCUT2D eigenvalue weighted by molar-refractivity contribution is 7.99. The summed E-state index contributed by atoms with van der Waals surface area (Å²) in [6.07, 6.45) is 2.42. The van der Waals surface area contributed by atoms with Crippen molar-refractivity contribution in [3.05, 3.63) is 35.9 Å². The Balaban J connectivity index is 0.00000144. The predicted molar refractivity (Wildman–Crippen MR) is 106 cm³/mol. The molecule has 0 spiro atoms. The Bertz CT molecular complexity index is 496. The number of rotatable bonds is 6. The summed E-state index contributed by atoms with van der Waals surface area (Å²) in [6, 6.07) is 10.0. The molecule has 1 saturated heterocycles. The lowest BCUT2D eigenvalue weighted by atomic mass is 10.0. The fourth-order valence-corrected chi connectivity index (χ4v) is 3.94. The smallest absolute Gasteiger partial charge is 0.242 e. The summed E-state index contributed by atoms with van der Waals surface area (Å²) in [5.74, 6) is 2.90. The third-order valence-electron chi connectivity index (χ3n) is 4.51. The molecule has 0 aromatic heterocycles. The maximum absolute atomic E-state index is 12.8. The average molecular weight is 392 g/mol. The molecule has 1 aromatic carbocycles. The largest absolute Gasteiger partial charge is 0.353 e. The zero-order chi connectivity index (χ0) is 15.4. The summed E-state index contributed by atoms with van der Waals surface area (Å²) in [5, 5.41) is 3.09. The van der Waals surface area contributed by atoms with Gasteiger partial charge in [-0.15, -0.1) is 24.8 Å². The molecular formula is C17H27Cl2N3OS. The number of amides is 1. The minimum absolute atomic E-state index is 0. The number of benzene rings is 1. The Morgan fingerprint density at radius 2 is 1.83 bits per heavy atom. The molecule has 0 bridgehead atoms. The molecule has 2 unspecified atom stereocenters. The Morgan fingerprint density at radius 1 is 1.21 bits per heavy atom. The van der Waals surface area contributed by atoms with Gasteiger partial charge in [-0.05, 0) is 24.3 Å². The van der Waals surface area contributed by atoms with E-state index in [1.165, 1.54) is 12.8 Å². The molecule has 2 aliphatic rings. The fourth-order valence-electron chi connectivity index (χ4n) is 3.01. The number of hydrogen-bond acceptors (Lipinski definition) is 4. The molecule has 3 rings (SSSR count). The molecule has 1 saturated carbocycles. The van der Waals surface area contributed by atoms with Crippen LogP contribution in [0.2, 0.25) is 0 Å². The second-order valence-corrected chi connectivity index (χ2v) is 7.43. The lowest BCUT2D eigenvalue weighted by Gasteiger charge is -2.33. The second-order valence-electron chi connectivity index (χ2n) is 6.21. The molecule has 1 heterocycles. The molecule has 4 nitrogen and oxygen atoms in total. The van der Waals surface area contributed by atoms with Crippen LogP contribution in [-0.2, 0) is 4.79 Å². The van der Waals surface area contributed by atoms with Gasteiger partial charge < -0.3 is 11.1 Å². The zero-order valence-corrected chi connectivity index (χ0v) is 16.2. The highest BCUT2D eigenvalue weighted by Crippen LogP contribution is 2.31. The van der Waals surface area contributed by atoms with E-state index in [4.69, 9.17) is 5.73 Å². The first-order chi connectivity index (χ1) is 10.8. The highest BCUT2D eigenvalue weighted by atomic mass is 35.5. The van der Waals surface area contributed by atoms with Gasteiger partial charge in [0.15, 0.2) is 0 Å². The van der Waals surface area contributed by atoms with Crippen LogP contribution in [0.1, 0.15) is 24.4 Å². The minimum Gasteiger partial charge on any atom is -0.353 e. The molecule has 2 fully saturated rings. The second kappa shape index (κ2) is 10.5. The Hall–Kier alpha value is -0.460. The van der Waals surface area contributed by atoms with Crippen molar-refractivity contribution in [3.8, 4) is 0 Å². The van der Waals surface area contributed by atoms with E-state index in [-0.39, 0.29) is 42.8 Å². The van der Waals surface area contributed by atoms with Crippen molar-refractivity contribution >= 4 is 42.5 Å². The molecule has 24 heavy (non-hydrogen) atoms. The lowest BCUT2D eigenvalue weighted by Crippen LogP contribution is -2.47. The van der Waals surface area contributed by atoms with Crippen molar-refractivity contribution in [3.63, 3.8) is 0 Å². The van der Waals surface area contributed by atoms with Crippen molar-refractivity contribution in [2.45, 2.75) is 24.9 Å². The molecule has 1 aliphatic carbocycles. The summed E-state index contributed by atoms with van der Waals surface area (Å²) < 4.78 is 0. The molecule has 3 N–H and O–H groups in total. The van der Waals surface area contributed by atoms with Crippen molar-refractivity contribution in [2.24, 2.45) is 11.7 Å². The number of hydrogen-bond donors (Lipinski definition) is 2. The number of halogens is 2. The predicted octanol–water partition coefficient (Wildman–Crippen LogP) is 2.47. The van der Waals surface area contributed by atoms with Crippen molar-refractivity contribution in [2.75, 3.05) is 31.1 Å². The molecular weight excluding hydrogens is 365 g/mol. The number of carbonyl (C=O) groups excluding carboxylic acids is 1. The van der Waals surface area contributed by atoms with Gasteiger partial charge in [0, 0.05) is 37.2 Å². The number of nitrogens with zero attached hydrogens (tertiary/aromatic N) is 1. The quantitative estimate of drug-likeness (QED) is 0.781. The van der Waals surface area contributed by atoms with Crippen LogP contribution in [0, 0.1) is 5.92 Å². The van der Waals surface area contributed by atoms with E-state index >= 15 is 0 Å². The summed E-state index contributed by atoms with van der Waals surface area (Å²) in [7, 11) is 0. The monoisotopic (exact) mass is 391 g/mol. The van der Waals surface area contributed by atoms with E-state index in [9.17, 15) is 4.79 Å². The van der Waals surface area contributed by atoms with E-state index in [0.29, 0.717) is 12.5 Å². The lowest BCUT2D eigenvalue weighted by molar-refractivity contribution is -0.126. The maximum atomic E-state index is 12.8. The van der Waals surface area contributed by atoms with Gasteiger partial charge in [-0.25, -0.2) is 0 Å². The molecule has 1 amide bonds. The van der Waals surface area contributed by atoms with Crippen LogP contribution in [0.5, 0.6) is 0 Å². The minimum atomic E-state index is -0.187. The van der Waals surface area contributed by atoms with Gasteiger partial charge in [0.1, 0.15) is 6.04 Å². The summed E-state index contributed by atoms with van der Waals surface area (Å²) >= 11 is 1.96. The maximum Gasteiger partial charge on any atom is 0.242 e. The van der Waals surface area contributed by atoms with Crippen LogP contribution in [0.25, 0.3) is 0 Å². The van der Waals surface area contributed by atoms with Gasteiger partial charge >= 0.3 is 0 Å². The summed E-state index contributed by atoms with van der Waals surface area (Å²) in [6.45, 7) is 2.52. The molecule has 1 aromatic rings. The molecule has 2 atom stereocenters. The first kappa shape index (κ1) is 21.6. The Kier molecular flexibility index (Phi) is 9.45. The van der Waals surface area contributed by atoms with E-state index in [1.54, 1.807) is 0 Å². The van der Waals surface area contributed by atoms with Gasteiger partial charge in [0.2, 0.25) is 5.91 Å². The summed E-state index contributed by atoms with van der Waals surface area (Å²) in [5.41, 5.74) is 7.19. The van der Waals surface area contributed by atoms with Crippen LogP contribution < -0.4 is 11.1 Å². The Labute approximate surface area is 161 Å². The van der Waals surface area contributed by atoms with Crippen LogP contribution in [-0.4, -0.2) is 48.0 Å². The normalized spacial score (nSPS) is 20.2. The third-order valence-corrected chi connectivity index (χ3v) is 5.46. The van der Waals surface area contributed by atoms with Crippen molar-refractivity contribution in [1.82, 2.24) is 10.2 Å². The topological polar surface area (TPSA) is 58.4 Å². The number of thioether (sulfide) groups is 1. The molecule has 1 aliphatic heterocycles. The van der Waals surface area contributed by atoms with Crippen LogP contribution in [0.4, 0.5) is 0 Å². The standard InChI is InChI=1S/C17H25N3OS.2ClH/c18-15(13-6-7-13)12-19-17(21)16(14-4-2-1-3-5-14)20-8-10-22-11-9-20;;/h1-5,13,15-16H,6-12,18H2,(H,19,21);2*1H. The number of carbonyl (C=O) groups is 1. The van der Waals surface area contributed by atoms with Crippen LogP contribution >= 0.6 is 36.6 Å². The SMILES string of the molecule is Cl.Cl.NC(CNC(=O)C(c1ccccc1)N1CCSCC1)C1CC1. The van der Waals surface area contributed by atoms with Gasteiger partial charge in [-0.3, -0.25) is 9.69 Å². The van der Waals surface area contributed by atoms with E-state index in [0.717, 1.165) is 30.2 Å². The first-order valence-corrected chi connectivity index (χ1v) is 9.31. The van der Waals surface area contributed by atoms with Gasteiger partial charge in [-0.1, -0.05) is 30.3 Å². The van der Waals surface area contributed by atoms with Gasteiger partial charge in [0.05, 0.1) is 0 Å². The molecule has 136 valence electrons. The fraction of sp³-hybridized carbons (Fsp3) is 0.588. The van der Waals surface area contributed by atoms with Gasteiger partial charge in [0.25, 0.3) is 0 Å². The van der Waals surface area contributed by atoms with Gasteiger partial charge in [-0.2, -0.15) is 11.8 Å². The molecule has 7 heteroatoms. The molecule has 0 radical (unpaired) electrons. The van der Waals surface area contributed by atoms with Crippen molar-refractivity contribution in [1.29, 1.82) is 0 Å². The third kappa shape index (κ3) is 5.81. The highest BCUT2D eigenvalue weighted by Gasteiger charge is 2.31. The van der Waals surface area contributed by atoms with E-state index in [1.807, 2.05) is 42.1 Å². The van der Waals surface area contributed by atoms with Crippen molar-refractivity contribution < 1.29 is 4.79 Å². The van der Waals surface area contributed by atoms with E-state index < -0.39 is 0 Å². The van der Waals surface area contributed by atoms with Crippen LogP contribution in [0.15, 0.2) is 30.3 Å².